The average Bonchev–Trinajstić information content (AvgIpc) is 3.75. The zero-order valence-electron chi connectivity index (χ0n) is 37.2. The van der Waals surface area contributed by atoms with Gasteiger partial charge in [0.1, 0.15) is 58.1 Å². The Morgan fingerprint density at radius 3 is 2.30 bits per heavy atom. The molecule has 3 aliphatic rings. The maximum absolute atomic E-state index is 15.8. The Morgan fingerprint density at radius 2 is 1.63 bits per heavy atom. The minimum Gasteiger partial charge on any atom is -0.489 e. The predicted molar refractivity (Wildman–Crippen MR) is 248 cm³/mol. The first-order valence-electron chi connectivity index (χ1n) is 21.8. The van der Waals surface area contributed by atoms with E-state index in [1.54, 1.807) is 25.4 Å². The molecule has 0 radical (unpaired) electrons. The predicted octanol–water partition coefficient (Wildman–Crippen LogP) is 8.89. The zero-order valence-corrected chi connectivity index (χ0v) is 39.6. The maximum Gasteiger partial charge on any atom is 0.502 e. The van der Waals surface area contributed by atoms with Crippen molar-refractivity contribution >= 4 is 59.7 Å². The number of allylic oxidation sites excluding steroid dienone is 1. The second-order valence-corrected chi connectivity index (χ2v) is 23.0. The number of benzene rings is 3. The molecular formula is C47H52ClF4N6O7S2+. The Kier molecular flexibility index (Phi) is 13.1. The van der Waals surface area contributed by atoms with E-state index in [-0.39, 0.29) is 67.2 Å². The monoisotopic (exact) mass is 987 g/mol. The molecule has 3 N–H and O–H groups in total. The summed E-state index contributed by atoms with van der Waals surface area (Å²) in [6.07, 6.45) is 5.59. The lowest BCUT2D eigenvalue weighted by Gasteiger charge is -2.43. The number of carbonyl (C=O) groups excluding carboxylic acids is 1. The third-order valence-corrected chi connectivity index (χ3v) is 17.4. The molecular weight excluding hydrogens is 936 g/mol. The number of nitrogens with zero attached hydrogens (tertiary/aromatic N) is 4. The van der Waals surface area contributed by atoms with Crippen molar-refractivity contribution in [2.75, 3.05) is 59.5 Å². The number of rotatable bonds is 13. The van der Waals surface area contributed by atoms with Crippen LogP contribution in [0.1, 0.15) is 61.9 Å². The SMILES string of the molecule is CN1CCC(F)(COc2ccc(S(=O)(=O)[N+]3(c4ccc(C(N)=O)c(Oc5cnc6[nH]ccc6c5)c4)CCN(CC4=C(c5ccc(Cl)cc5)CC(C)(C)CC4)CC3)cc2S(=O)(=O)C(F)(F)F)CC1. The molecule has 2 aliphatic heterocycles. The number of sulfonamides is 1. The molecule has 0 unspecified atom stereocenters. The van der Waals surface area contributed by atoms with Crippen LogP contribution in [0.5, 0.6) is 17.2 Å². The van der Waals surface area contributed by atoms with Crippen LogP contribution in [0.25, 0.3) is 16.6 Å². The smallest absolute Gasteiger partial charge is 0.489 e. The number of fused-ring (bicyclic) bond motifs is 1. The molecule has 67 heavy (non-hydrogen) atoms. The van der Waals surface area contributed by atoms with Crippen LogP contribution in [0, 0.1) is 5.41 Å². The molecule has 13 nitrogen and oxygen atoms in total. The number of carbonyl (C=O) groups is 1. The molecule has 358 valence electrons. The van der Waals surface area contributed by atoms with E-state index in [9.17, 15) is 26.4 Å². The third-order valence-electron chi connectivity index (χ3n) is 13.3. The molecule has 5 aromatic rings. The Bertz CT molecular complexity index is 2950. The molecule has 8 rings (SSSR count). The van der Waals surface area contributed by atoms with Crippen LogP contribution < -0.4 is 19.1 Å². The van der Waals surface area contributed by atoms with Gasteiger partial charge in [0.25, 0.3) is 15.7 Å². The third kappa shape index (κ3) is 9.81. The van der Waals surface area contributed by atoms with Gasteiger partial charge in [0.2, 0.25) is 0 Å². The van der Waals surface area contributed by atoms with Crippen LogP contribution in [0.4, 0.5) is 23.2 Å². The first-order chi connectivity index (χ1) is 31.5. The average molecular weight is 989 g/mol. The lowest BCUT2D eigenvalue weighted by atomic mass is 9.72. The zero-order chi connectivity index (χ0) is 48.2. The van der Waals surface area contributed by atoms with Gasteiger partial charge in [-0.2, -0.15) is 25.5 Å². The van der Waals surface area contributed by atoms with E-state index in [1.165, 1.54) is 35.5 Å². The fraction of sp³-hybridized carbons (Fsp3) is 0.404. The van der Waals surface area contributed by atoms with Gasteiger partial charge in [-0.15, -0.1) is 0 Å². The Morgan fingerprint density at radius 1 is 0.925 bits per heavy atom. The number of alkyl halides is 4. The van der Waals surface area contributed by atoms with Gasteiger partial charge >= 0.3 is 15.5 Å². The van der Waals surface area contributed by atoms with Gasteiger partial charge in [-0.1, -0.05) is 43.2 Å². The van der Waals surface area contributed by atoms with Crippen molar-refractivity contribution in [3.63, 3.8) is 0 Å². The van der Waals surface area contributed by atoms with Crippen LogP contribution in [-0.2, 0) is 19.9 Å². The number of nitrogens with two attached hydrogens (primary N) is 1. The van der Waals surface area contributed by atoms with Gasteiger partial charge in [0.05, 0.1) is 11.8 Å². The lowest BCUT2D eigenvalue weighted by molar-refractivity contribution is -0.0438. The van der Waals surface area contributed by atoms with E-state index >= 15 is 12.8 Å². The number of amides is 1. The van der Waals surface area contributed by atoms with Crippen molar-refractivity contribution in [1.82, 2.24) is 23.7 Å². The number of H-pyrrole nitrogens is 1. The maximum atomic E-state index is 15.8. The topological polar surface area (TPSA) is 165 Å². The summed E-state index contributed by atoms with van der Waals surface area (Å²) in [5.74, 6) is -1.64. The molecule has 4 heterocycles. The van der Waals surface area contributed by atoms with E-state index in [2.05, 4.69) is 28.7 Å². The molecule has 2 fully saturated rings. The highest BCUT2D eigenvalue weighted by Crippen LogP contribution is 2.45. The number of hydrogen-bond donors (Lipinski definition) is 2. The number of hydrogen-bond acceptors (Lipinski definition) is 10. The van der Waals surface area contributed by atoms with Gasteiger partial charge in [0.15, 0.2) is 5.69 Å². The highest BCUT2D eigenvalue weighted by molar-refractivity contribution is 7.92. The number of ether oxygens (including phenoxy) is 2. The van der Waals surface area contributed by atoms with Crippen LogP contribution in [0.2, 0.25) is 5.02 Å². The first kappa shape index (κ1) is 48.4. The van der Waals surface area contributed by atoms with Gasteiger partial charge in [-0.3, -0.25) is 9.69 Å². The lowest BCUT2D eigenvalue weighted by Crippen LogP contribution is -2.63. The quantitative estimate of drug-likeness (QED) is 0.0860. The van der Waals surface area contributed by atoms with Gasteiger partial charge < -0.3 is 25.1 Å². The van der Waals surface area contributed by atoms with E-state index in [4.69, 9.17) is 26.8 Å². The molecule has 0 spiro atoms. The fourth-order valence-corrected chi connectivity index (χ4v) is 12.3. The van der Waals surface area contributed by atoms with Gasteiger partial charge in [0, 0.05) is 61.5 Å². The highest BCUT2D eigenvalue weighted by Gasteiger charge is 2.52. The minimum atomic E-state index is -6.25. The normalized spacial score (nSPS) is 19.3. The first-order valence-corrected chi connectivity index (χ1v) is 25.1. The molecule has 2 aromatic heterocycles. The summed E-state index contributed by atoms with van der Waals surface area (Å²) in [6, 6.07) is 17.4. The van der Waals surface area contributed by atoms with Crippen molar-refractivity contribution in [3.8, 4) is 17.2 Å². The standard InChI is InChI=1S/C47H51ClF4N6O7S2/c1-45(2)14-12-33(39(27-45)31-4-6-34(48)7-5-31)29-57-20-22-58(23-21-57,35-8-10-38(43(53)59)41(25-35)65-36-24-32-13-17-54-44(32)55-28-36)67(62,63)37-9-11-40(42(26-37)66(60,61)47(50,51)52)64-30-46(49)15-18-56(3)19-16-46/h4-11,13,17,24-26,28H,12,14-16,18-23,27,29-30H2,1-3H3,(H2-,53,54,55,59)/p+1. The number of primary amides is 1. The number of sulfone groups is 1. The molecule has 2 saturated heterocycles. The largest absolute Gasteiger partial charge is 0.502 e. The highest BCUT2D eigenvalue weighted by atomic mass is 35.5. The molecule has 0 saturated carbocycles. The summed E-state index contributed by atoms with van der Waals surface area (Å²) < 4.78 is 127. The second kappa shape index (κ2) is 18.1. The van der Waals surface area contributed by atoms with E-state index in [0.717, 1.165) is 37.0 Å². The van der Waals surface area contributed by atoms with Crippen molar-refractivity contribution in [1.29, 1.82) is 0 Å². The van der Waals surface area contributed by atoms with Crippen LogP contribution >= 0.6 is 11.6 Å². The van der Waals surface area contributed by atoms with Crippen LogP contribution in [0.15, 0.2) is 101 Å². The molecule has 1 aliphatic carbocycles. The van der Waals surface area contributed by atoms with E-state index in [0.29, 0.717) is 41.8 Å². The van der Waals surface area contributed by atoms with Crippen molar-refractivity contribution in [2.24, 2.45) is 11.1 Å². The van der Waals surface area contributed by atoms with Crippen LogP contribution in [-0.4, -0.2) is 113 Å². The number of aromatic nitrogens is 2. The molecule has 0 bridgehead atoms. The number of likely N-dealkylation sites (tertiary alicyclic amines) is 1. The summed E-state index contributed by atoms with van der Waals surface area (Å²) in [6.45, 7) is 4.87. The Balaban J connectivity index is 1.21. The van der Waals surface area contributed by atoms with E-state index in [1.807, 2.05) is 29.2 Å². The van der Waals surface area contributed by atoms with Crippen molar-refractivity contribution in [2.45, 2.75) is 66.9 Å². The molecule has 20 heteroatoms. The number of quaternary nitrogens is 1. The second-order valence-electron chi connectivity index (χ2n) is 18.6. The number of pyridine rings is 1. The summed E-state index contributed by atoms with van der Waals surface area (Å²) in [5.41, 5.74) is 1.93. The number of nitrogens with one attached hydrogen (secondary N) is 1. The summed E-state index contributed by atoms with van der Waals surface area (Å²) in [4.78, 5) is 21.9. The molecule has 1 amide bonds. The van der Waals surface area contributed by atoms with Gasteiger partial charge in [-0.05, 0) is 104 Å². The van der Waals surface area contributed by atoms with Crippen molar-refractivity contribution < 1.29 is 48.7 Å². The summed E-state index contributed by atoms with van der Waals surface area (Å²) in [5, 5.41) is 1.28. The summed E-state index contributed by atoms with van der Waals surface area (Å²) in [7, 11) is -9.37. The number of piperazine rings is 1. The summed E-state index contributed by atoms with van der Waals surface area (Å²) >= 11 is 6.25. The van der Waals surface area contributed by atoms with Crippen LogP contribution in [0.3, 0.4) is 0 Å². The van der Waals surface area contributed by atoms with Crippen molar-refractivity contribution in [3.05, 3.63) is 107 Å². The minimum absolute atomic E-state index is 0.0104. The van der Waals surface area contributed by atoms with E-state index < -0.39 is 63.0 Å². The Hall–Kier alpha value is -5.05. The molecule has 0 atom stereocenters. The van der Waals surface area contributed by atoms with Gasteiger partial charge in [-0.25, -0.2) is 17.8 Å². The fourth-order valence-electron chi connectivity index (χ4n) is 9.19. The number of piperidine rings is 1. The number of halogens is 5. The molecule has 3 aromatic carbocycles. The number of aromatic amines is 1. The Labute approximate surface area is 392 Å².